The van der Waals surface area contributed by atoms with Crippen LogP contribution in [0.1, 0.15) is 0 Å². The monoisotopic (exact) mass is 235 g/mol. The Hall–Kier alpha value is -2.31. The molecule has 0 amide bonds. The molecule has 2 rings (SSSR count). The molecule has 2 heterocycles. The standard InChI is InChI=1S/C10H13N5O2/c1-14(6-9(16)17-2)8-5-3-4-7-12-10(11)13-15(7)8/h3-5H,6H2,1-2H3,(H2,11,13). The number of likely N-dealkylation sites (N-methyl/N-ethyl adjacent to an activating group) is 1. The number of pyridine rings is 1. The first kappa shape index (κ1) is 11.2. The molecule has 0 saturated heterocycles. The van der Waals surface area contributed by atoms with Crippen LogP contribution >= 0.6 is 0 Å². The fourth-order valence-electron chi connectivity index (χ4n) is 1.54. The molecule has 0 spiro atoms. The largest absolute Gasteiger partial charge is 0.468 e. The van der Waals surface area contributed by atoms with Crippen LogP contribution in [0.2, 0.25) is 0 Å². The lowest BCUT2D eigenvalue weighted by molar-refractivity contribution is -0.138. The molecule has 2 aromatic rings. The van der Waals surface area contributed by atoms with E-state index in [1.807, 2.05) is 12.1 Å². The van der Waals surface area contributed by atoms with Crippen LogP contribution in [0.15, 0.2) is 18.2 Å². The summed E-state index contributed by atoms with van der Waals surface area (Å²) in [7, 11) is 3.12. The summed E-state index contributed by atoms with van der Waals surface area (Å²) < 4.78 is 6.19. The van der Waals surface area contributed by atoms with Crippen LogP contribution in [0, 0.1) is 0 Å². The minimum absolute atomic E-state index is 0.134. The van der Waals surface area contributed by atoms with E-state index in [1.54, 1.807) is 22.5 Å². The molecular weight excluding hydrogens is 222 g/mol. The van der Waals surface area contributed by atoms with Gasteiger partial charge in [0.15, 0.2) is 5.65 Å². The maximum Gasteiger partial charge on any atom is 0.325 e. The van der Waals surface area contributed by atoms with E-state index in [2.05, 4.69) is 14.8 Å². The minimum Gasteiger partial charge on any atom is -0.468 e. The number of fused-ring (bicyclic) bond motifs is 1. The molecule has 0 unspecified atom stereocenters. The molecule has 90 valence electrons. The summed E-state index contributed by atoms with van der Waals surface area (Å²) in [6.45, 7) is 0.134. The molecular formula is C10H13N5O2. The number of carbonyl (C=O) groups is 1. The van der Waals surface area contributed by atoms with Gasteiger partial charge in [0.05, 0.1) is 7.11 Å². The van der Waals surface area contributed by atoms with E-state index in [9.17, 15) is 4.79 Å². The molecule has 17 heavy (non-hydrogen) atoms. The van der Waals surface area contributed by atoms with Crippen LogP contribution in [0.5, 0.6) is 0 Å². The van der Waals surface area contributed by atoms with Gasteiger partial charge in [-0.3, -0.25) is 4.79 Å². The highest BCUT2D eigenvalue weighted by atomic mass is 16.5. The third kappa shape index (κ3) is 2.12. The highest BCUT2D eigenvalue weighted by Gasteiger charge is 2.12. The number of carbonyl (C=O) groups excluding carboxylic acids is 1. The maximum absolute atomic E-state index is 11.2. The van der Waals surface area contributed by atoms with Crippen molar-refractivity contribution in [2.45, 2.75) is 0 Å². The van der Waals surface area contributed by atoms with E-state index in [0.717, 1.165) is 5.82 Å². The lowest BCUT2D eigenvalue weighted by Gasteiger charge is -2.17. The number of methoxy groups -OCH3 is 1. The van der Waals surface area contributed by atoms with Crippen molar-refractivity contribution in [2.75, 3.05) is 31.3 Å². The van der Waals surface area contributed by atoms with Gasteiger partial charge < -0.3 is 15.4 Å². The van der Waals surface area contributed by atoms with Crippen molar-refractivity contribution in [3.8, 4) is 0 Å². The molecule has 0 fully saturated rings. The van der Waals surface area contributed by atoms with Crippen molar-refractivity contribution in [3.05, 3.63) is 18.2 Å². The third-order valence-electron chi connectivity index (χ3n) is 2.34. The van der Waals surface area contributed by atoms with Gasteiger partial charge in [0.25, 0.3) is 0 Å². The number of nitrogen functional groups attached to an aromatic ring is 1. The van der Waals surface area contributed by atoms with Crippen LogP contribution in [0.25, 0.3) is 5.65 Å². The molecule has 0 aliphatic carbocycles. The zero-order valence-corrected chi connectivity index (χ0v) is 9.62. The number of ether oxygens (including phenoxy) is 1. The van der Waals surface area contributed by atoms with Crippen molar-refractivity contribution in [3.63, 3.8) is 0 Å². The number of hydrogen-bond donors (Lipinski definition) is 1. The van der Waals surface area contributed by atoms with E-state index in [-0.39, 0.29) is 18.5 Å². The van der Waals surface area contributed by atoms with Gasteiger partial charge >= 0.3 is 5.97 Å². The van der Waals surface area contributed by atoms with Crippen LogP contribution in [0.4, 0.5) is 11.8 Å². The molecule has 0 saturated carbocycles. The van der Waals surface area contributed by atoms with Gasteiger partial charge in [0.1, 0.15) is 12.4 Å². The second-order valence-electron chi connectivity index (χ2n) is 3.56. The molecule has 0 atom stereocenters. The highest BCUT2D eigenvalue weighted by molar-refractivity contribution is 5.75. The Bertz CT molecular complexity index is 551. The fourth-order valence-corrected chi connectivity index (χ4v) is 1.54. The van der Waals surface area contributed by atoms with Crippen molar-refractivity contribution < 1.29 is 9.53 Å². The number of nitrogens with two attached hydrogens (primary N) is 1. The summed E-state index contributed by atoms with van der Waals surface area (Å²) in [6.07, 6.45) is 0. The summed E-state index contributed by atoms with van der Waals surface area (Å²) in [6, 6.07) is 5.44. The highest BCUT2D eigenvalue weighted by Crippen LogP contribution is 2.14. The molecule has 2 N–H and O–H groups in total. The number of esters is 1. The number of anilines is 2. The normalized spacial score (nSPS) is 10.5. The lowest BCUT2D eigenvalue weighted by atomic mass is 10.4. The van der Waals surface area contributed by atoms with Crippen molar-refractivity contribution in [1.29, 1.82) is 0 Å². The number of rotatable bonds is 3. The average molecular weight is 235 g/mol. The van der Waals surface area contributed by atoms with Crippen LogP contribution in [-0.4, -0.2) is 41.3 Å². The van der Waals surface area contributed by atoms with Crippen molar-refractivity contribution >= 4 is 23.4 Å². The molecule has 0 aliphatic rings. The number of hydrogen-bond acceptors (Lipinski definition) is 6. The smallest absolute Gasteiger partial charge is 0.325 e. The van der Waals surface area contributed by atoms with Crippen LogP contribution < -0.4 is 10.6 Å². The first-order valence-corrected chi connectivity index (χ1v) is 5.01. The lowest BCUT2D eigenvalue weighted by Crippen LogP contribution is -2.28. The summed E-state index contributed by atoms with van der Waals surface area (Å²) in [4.78, 5) is 17.0. The van der Waals surface area contributed by atoms with Gasteiger partial charge in [0.2, 0.25) is 5.95 Å². The minimum atomic E-state index is -0.322. The van der Waals surface area contributed by atoms with E-state index < -0.39 is 0 Å². The second kappa shape index (κ2) is 4.28. The first-order chi connectivity index (χ1) is 8.11. The zero-order chi connectivity index (χ0) is 12.4. The Morgan fingerprint density at radius 1 is 1.59 bits per heavy atom. The van der Waals surface area contributed by atoms with E-state index in [1.165, 1.54) is 7.11 Å². The van der Waals surface area contributed by atoms with Crippen LogP contribution in [0.3, 0.4) is 0 Å². The van der Waals surface area contributed by atoms with E-state index in [0.29, 0.717) is 5.65 Å². The maximum atomic E-state index is 11.2. The third-order valence-corrected chi connectivity index (χ3v) is 2.34. The molecule has 0 aromatic carbocycles. The molecule has 0 bridgehead atoms. The Labute approximate surface area is 97.8 Å². The van der Waals surface area contributed by atoms with Gasteiger partial charge in [-0.2, -0.15) is 9.50 Å². The van der Waals surface area contributed by atoms with Gasteiger partial charge in [-0.1, -0.05) is 6.07 Å². The zero-order valence-electron chi connectivity index (χ0n) is 9.62. The Morgan fingerprint density at radius 3 is 3.06 bits per heavy atom. The number of nitrogens with zero attached hydrogens (tertiary/aromatic N) is 4. The topological polar surface area (TPSA) is 85.8 Å². The molecule has 2 aromatic heterocycles. The van der Waals surface area contributed by atoms with Gasteiger partial charge in [-0.15, -0.1) is 5.10 Å². The fraction of sp³-hybridized carbons (Fsp3) is 0.300. The number of aromatic nitrogens is 3. The molecule has 0 radical (unpaired) electrons. The average Bonchev–Trinajstić information content (AvgIpc) is 2.68. The van der Waals surface area contributed by atoms with Crippen molar-refractivity contribution in [1.82, 2.24) is 14.6 Å². The Kier molecular flexibility index (Phi) is 2.82. The summed E-state index contributed by atoms with van der Waals surface area (Å²) in [5.41, 5.74) is 6.17. The quantitative estimate of drug-likeness (QED) is 0.749. The SMILES string of the molecule is COC(=O)CN(C)c1cccc2nc(N)nn12. The van der Waals surface area contributed by atoms with Crippen LogP contribution in [-0.2, 0) is 9.53 Å². The molecule has 0 aliphatic heterocycles. The summed E-state index contributed by atoms with van der Waals surface area (Å²) >= 11 is 0. The molecule has 7 nitrogen and oxygen atoms in total. The van der Waals surface area contributed by atoms with Gasteiger partial charge in [-0.05, 0) is 12.1 Å². The predicted molar refractivity (Wildman–Crippen MR) is 62.7 cm³/mol. The van der Waals surface area contributed by atoms with Gasteiger partial charge in [-0.25, -0.2) is 0 Å². The van der Waals surface area contributed by atoms with Gasteiger partial charge in [0, 0.05) is 7.05 Å². The second-order valence-corrected chi connectivity index (χ2v) is 3.56. The summed E-state index contributed by atoms with van der Waals surface area (Å²) in [5.74, 6) is 0.596. The Balaban J connectivity index is 2.37. The predicted octanol–water partition coefficient (Wildman–Crippen LogP) is -0.0793. The summed E-state index contributed by atoms with van der Waals surface area (Å²) in [5, 5.41) is 4.06. The van der Waals surface area contributed by atoms with E-state index >= 15 is 0 Å². The first-order valence-electron chi connectivity index (χ1n) is 5.01. The van der Waals surface area contributed by atoms with Crippen molar-refractivity contribution in [2.24, 2.45) is 0 Å². The molecule has 7 heteroatoms. The van der Waals surface area contributed by atoms with E-state index in [4.69, 9.17) is 5.73 Å². The Morgan fingerprint density at radius 2 is 2.35 bits per heavy atom.